The Kier molecular flexibility index (Phi) is 8.55. The fourth-order valence-corrected chi connectivity index (χ4v) is 2.43. The Labute approximate surface area is 171 Å². The lowest BCUT2D eigenvalue weighted by molar-refractivity contribution is -0.153. The van der Waals surface area contributed by atoms with Gasteiger partial charge in [-0.1, -0.05) is 34.8 Å². The molecule has 0 aromatic carbocycles. The highest BCUT2D eigenvalue weighted by Gasteiger charge is 2.36. The Balaban J connectivity index is 2.61. The van der Waals surface area contributed by atoms with Crippen molar-refractivity contribution < 1.29 is 28.6 Å². The van der Waals surface area contributed by atoms with Gasteiger partial charge in [-0.3, -0.25) is 19.4 Å². The molecule has 156 valence electrons. The number of nitrogens with one attached hydrogen (secondary N) is 2. The van der Waals surface area contributed by atoms with Crippen molar-refractivity contribution in [3.05, 3.63) is 0 Å². The summed E-state index contributed by atoms with van der Waals surface area (Å²) in [6, 6.07) is -1.88. The van der Waals surface area contributed by atoms with Crippen molar-refractivity contribution in [3.8, 4) is 0 Å². The van der Waals surface area contributed by atoms with Gasteiger partial charge in [0.1, 0.15) is 24.4 Å². The fraction of sp³-hybridized carbons (Fsp3) is 0.800. The largest absolute Gasteiger partial charge is 0.460 e. The Bertz CT molecular complexity index is 568. The molecule has 3 N–H and O–H groups in total. The highest BCUT2D eigenvalue weighted by Crippen LogP contribution is 2.26. The second kappa shape index (κ2) is 9.56. The number of aliphatic hydroxyl groups excluding tert-OH is 1. The number of alkyl halides is 4. The number of halogens is 4. The van der Waals surface area contributed by atoms with Gasteiger partial charge in [-0.2, -0.15) is 0 Å². The van der Waals surface area contributed by atoms with E-state index in [-0.39, 0.29) is 6.54 Å². The van der Waals surface area contributed by atoms with Gasteiger partial charge < -0.3 is 15.2 Å². The van der Waals surface area contributed by atoms with E-state index in [0.717, 1.165) is 18.9 Å². The van der Waals surface area contributed by atoms with E-state index in [1.165, 1.54) is 6.92 Å². The molecule has 3 atom stereocenters. The zero-order valence-corrected chi connectivity index (χ0v) is 17.4. The molecule has 12 heteroatoms. The summed E-state index contributed by atoms with van der Waals surface area (Å²) < 4.78 is 16.8. The highest BCUT2D eigenvalue weighted by atomic mass is 35.6. The summed E-state index contributed by atoms with van der Waals surface area (Å²) in [5, 5.41) is 13.0. The second-order valence-corrected chi connectivity index (χ2v) is 9.25. The van der Waals surface area contributed by atoms with E-state index in [2.05, 4.69) is 10.7 Å². The van der Waals surface area contributed by atoms with Crippen molar-refractivity contribution in [1.29, 1.82) is 0 Å². The van der Waals surface area contributed by atoms with Gasteiger partial charge in [0.2, 0.25) is 3.79 Å². The number of hydrogen-bond donors (Lipinski definition) is 3. The molecule has 1 aliphatic heterocycles. The molecule has 27 heavy (non-hydrogen) atoms. The molecule has 1 heterocycles. The Hall–Kier alpha value is -0.870. The van der Waals surface area contributed by atoms with Crippen LogP contribution >= 0.6 is 34.8 Å². The number of nitrogens with zero attached hydrogens (tertiary/aromatic N) is 1. The van der Waals surface area contributed by atoms with Crippen LogP contribution in [-0.2, 0) is 19.1 Å². The monoisotopic (exact) mass is 449 g/mol. The van der Waals surface area contributed by atoms with Gasteiger partial charge in [0, 0.05) is 6.54 Å². The lowest BCUT2D eigenvalue weighted by atomic mass is 10.0. The minimum Gasteiger partial charge on any atom is -0.460 e. The molecule has 0 saturated carbocycles. The SMILES string of the molecule is CC(NC(=O)C(O)C(C)(C)F)C(=O)N1CCCC(C(=O)OCC(Cl)(Cl)Cl)N1. The van der Waals surface area contributed by atoms with Crippen molar-refractivity contribution in [1.82, 2.24) is 15.8 Å². The number of rotatable bonds is 6. The van der Waals surface area contributed by atoms with Crippen LogP contribution in [0.15, 0.2) is 0 Å². The number of aliphatic hydroxyl groups is 1. The van der Waals surface area contributed by atoms with Crippen molar-refractivity contribution in [2.24, 2.45) is 0 Å². The molecular weight excluding hydrogens is 428 g/mol. The average molecular weight is 451 g/mol. The summed E-state index contributed by atoms with van der Waals surface area (Å²) in [6.45, 7) is 3.31. The predicted octanol–water partition coefficient (Wildman–Crippen LogP) is 1.01. The first-order valence-corrected chi connectivity index (χ1v) is 9.34. The van der Waals surface area contributed by atoms with Crippen molar-refractivity contribution in [2.45, 2.75) is 61.3 Å². The van der Waals surface area contributed by atoms with Crippen LogP contribution in [0.1, 0.15) is 33.6 Å². The molecule has 1 aliphatic rings. The van der Waals surface area contributed by atoms with Crippen LogP contribution in [0.4, 0.5) is 4.39 Å². The molecule has 2 amide bonds. The smallest absolute Gasteiger partial charge is 0.325 e. The van der Waals surface area contributed by atoms with E-state index in [1.54, 1.807) is 0 Å². The van der Waals surface area contributed by atoms with Crippen LogP contribution in [0.3, 0.4) is 0 Å². The first-order chi connectivity index (χ1) is 12.2. The van der Waals surface area contributed by atoms with Crippen molar-refractivity contribution >= 4 is 52.6 Å². The number of amides is 2. The number of esters is 1. The molecule has 0 aliphatic carbocycles. The third-order valence-corrected chi connectivity index (χ3v) is 4.07. The van der Waals surface area contributed by atoms with Gasteiger partial charge in [-0.05, 0) is 33.6 Å². The molecule has 0 bridgehead atoms. The standard InChI is InChI=1S/C15H23Cl3FN3O5/c1-8(20-11(24)10(23)14(2,3)19)12(25)22-6-4-5-9(21-22)13(26)27-7-15(16,17)18/h8-10,21,23H,4-7H2,1-3H3,(H,20,24). The summed E-state index contributed by atoms with van der Waals surface area (Å²) in [4.78, 5) is 36.3. The van der Waals surface area contributed by atoms with Crippen molar-refractivity contribution in [2.75, 3.05) is 13.2 Å². The summed E-state index contributed by atoms with van der Waals surface area (Å²) >= 11 is 16.6. The summed E-state index contributed by atoms with van der Waals surface area (Å²) in [6.07, 6.45) is -1.03. The van der Waals surface area contributed by atoms with Crippen molar-refractivity contribution in [3.63, 3.8) is 0 Å². The van der Waals surface area contributed by atoms with E-state index >= 15 is 0 Å². The quantitative estimate of drug-likeness (QED) is 0.412. The summed E-state index contributed by atoms with van der Waals surface area (Å²) in [7, 11) is 0. The molecule has 1 rings (SSSR count). The molecule has 3 unspecified atom stereocenters. The summed E-state index contributed by atoms with van der Waals surface area (Å²) in [5.74, 6) is -2.27. The first-order valence-electron chi connectivity index (χ1n) is 8.20. The molecule has 1 saturated heterocycles. The van der Waals surface area contributed by atoms with Gasteiger partial charge in [-0.15, -0.1) is 0 Å². The van der Waals surface area contributed by atoms with E-state index in [0.29, 0.717) is 12.8 Å². The average Bonchev–Trinajstić information content (AvgIpc) is 2.56. The van der Waals surface area contributed by atoms with Crippen LogP contribution < -0.4 is 10.7 Å². The van der Waals surface area contributed by atoms with Gasteiger partial charge >= 0.3 is 5.97 Å². The molecule has 0 radical (unpaired) electrons. The maximum Gasteiger partial charge on any atom is 0.325 e. The number of hydrogen-bond acceptors (Lipinski definition) is 6. The van der Waals surface area contributed by atoms with Crippen LogP contribution in [0.2, 0.25) is 0 Å². The minimum atomic E-state index is -2.16. The van der Waals surface area contributed by atoms with Gasteiger partial charge in [0.05, 0.1) is 0 Å². The van der Waals surface area contributed by atoms with E-state index in [1.807, 2.05) is 0 Å². The van der Waals surface area contributed by atoms with Crippen LogP contribution in [-0.4, -0.2) is 68.7 Å². The van der Waals surface area contributed by atoms with Gasteiger partial charge in [0.15, 0.2) is 6.10 Å². The van der Waals surface area contributed by atoms with Crippen LogP contribution in [0.5, 0.6) is 0 Å². The lowest BCUT2D eigenvalue weighted by Crippen LogP contribution is -2.60. The highest BCUT2D eigenvalue weighted by molar-refractivity contribution is 6.67. The molecule has 0 aromatic rings. The van der Waals surface area contributed by atoms with Gasteiger partial charge in [-0.25, -0.2) is 9.82 Å². The maximum absolute atomic E-state index is 13.6. The Morgan fingerprint density at radius 2 is 1.96 bits per heavy atom. The van der Waals surface area contributed by atoms with E-state index in [9.17, 15) is 23.9 Å². The normalized spacial score (nSPS) is 20.6. The topological polar surface area (TPSA) is 108 Å². The third-order valence-electron chi connectivity index (χ3n) is 3.74. The Morgan fingerprint density at radius 1 is 1.37 bits per heavy atom. The van der Waals surface area contributed by atoms with Gasteiger partial charge in [0.25, 0.3) is 11.8 Å². The number of carbonyl (C=O) groups excluding carboxylic acids is 3. The van der Waals surface area contributed by atoms with Crippen LogP contribution in [0, 0.1) is 0 Å². The van der Waals surface area contributed by atoms with E-state index < -0.39 is 52.0 Å². The minimum absolute atomic E-state index is 0.282. The fourth-order valence-electron chi connectivity index (χ4n) is 2.27. The zero-order valence-electron chi connectivity index (χ0n) is 15.1. The number of carbonyl (C=O) groups is 3. The molecule has 0 aromatic heterocycles. The third kappa shape index (κ3) is 7.95. The molecule has 1 fully saturated rings. The molecule has 8 nitrogen and oxygen atoms in total. The molecular formula is C15H23Cl3FN3O5. The number of hydrazine groups is 1. The van der Waals surface area contributed by atoms with Crippen LogP contribution in [0.25, 0.3) is 0 Å². The maximum atomic E-state index is 13.6. The second-order valence-electron chi connectivity index (χ2n) is 6.73. The van der Waals surface area contributed by atoms with E-state index in [4.69, 9.17) is 39.5 Å². The predicted molar refractivity (Wildman–Crippen MR) is 97.9 cm³/mol. The first kappa shape index (κ1) is 24.2. The molecule has 0 spiro atoms. The number of ether oxygens (including phenoxy) is 1. The summed E-state index contributed by atoms with van der Waals surface area (Å²) in [5.41, 5.74) is 0.536. The zero-order chi connectivity index (χ0) is 21.0. The lowest BCUT2D eigenvalue weighted by Gasteiger charge is -2.34. The Morgan fingerprint density at radius 3 is 2.48 bits per heavy atom.